The van der Waals surface area contributed by atoms with E-state index in [0.29, 0.717) is 0 Å². The van der Waals surface area contributed by atoms with Gasteiger partial charge in [0.2, 0.25) is 0 Å². The van der Waals surface area contributed by atoms with Crippen molar-refractivity contribution >= 4 is 87.5 Å². The van der Waals surface area contributed by atoms with Crippen molar-refractivity contribution in [3.05, 3.63) is 212 Å². The fraction of sp³-hybridized carbons (Fsp3) is 0. The third kappa shape index (κ3) is 5.36. The summed E-state index contributed by atoms with van der Waals surface area (Å²) in [5.41, 5.74) is 18.6. The number of aromatic amines is 1. The van der Waals surface area contributed by atoms with Gasteiger partial charge in [0.05, 0.1) is 11.0 Å². The summed E-state index contributed by atoms with van der Waals surface area (Å²) in [6, 6.07) is 76.3. The van der Waals surface area contributed by atoms with Crippen molar-refractivity contribution < 1.29 is 8.83 Å². The van der Waals surface area contributed by atoms with E-state index in [4.69, 9.17) is 8.83 Å². The van der Waals surface area contributed by atoms with E-state index in [2.05, 4.69) is 222 Å². The number of hydrogen-bond acceptors (Lipinski definition) is 2. The molecule has 0 atom stereocenters. The number of rotatable bonds is 5. The molecule has 4 aromatic heterocycles. The van der Waals surface area contributed by atoms with Gasteiger partial charge in [0.15, 0.2) is 0 Å². The van der Waals surface area contributed by atoms with Crippen LogP contribution in [0.1, 0.15) is 0 Å². The van der Waals surface area contributed by atoms with E-state index in [-0.39, 0.29) is 0 Å². The lowest BCUT2D eigenvalue weighted by Crippen LogP contribution is -1.93. The highest BCUT2D eigenvalue weighted by Crippen LogP contribution is 2.42. The number of aromatic nitrogens is 2. The highest BCUT2D eigenvalue weighted by atomic mass is 16.3. The maximum Gasteiger partial charge on any atom is 0.135 e. The van der Waals surface area contributed by atoms with Gasteiger partial charge in [0.1, 0.15) is 22.3 Å². The second-order valence-corrected chi connectivity index (χ2v) is 17.0. The van der Waals surface area contributed by atoms with E-state index < -0.39 is 0 Å². The van der Waals surface area contributed by atoms with E-state index in [0.717, 1.165) is 82.9 Å². The second kappa shape index (κ2) is 13.4. The van der Waals surface area contributed by atoms with Crippen molar-refractivity contribution in [3.63, 3.8) is 0 Å². The summed E-state index contributed by atoms with van der Waals surface area (Å²) in [5, 5.41) is 9.28. The van der Waals surface area contributed by atoms with Crippen molar-refractivity contribution in [2.24, 2.45) is 0 Å². The van der Waals surface area contributed by atoms with Gasteiger partial charge in [-0.2, -0.15) is 0 Å². The Kier molecular flexibility index (Phi) is 7.36. The molecule has 0 aliphatic rings. The maximum atomic E-state index is 6.35. The smallest absolute Gasteiger partial charge is 0.135 e. The molecule has 0 saturated carbocycles. The van der Waals surface area contributed by atoms with Crippen LogP contribution in [0.3, 0.4) is 0 Å². The molecule has 0 radical (unpaired) electrons. The van der Waals surface area contributed by atoms with E-state index in [1.807, 2.05) is 0 Å². The standard InChI is InChI=1S/C60H36N2O2/c1-4-10-36(11-5-1)38-18-24-57-49(30-38)51-32-42(20-26-59(51)63-57)40-16-22-53-45(28-40)46-35-56-48(34-54(46)61-53)47-29-41(17-23-55(47)62(56)44-14-8-3-9-15-44)43-21-27-60-52(33-43)50-31-39(19-25-58(50)64-60)37-12-6-2-7-13-37/h1-35,61H. The van der Waals surface area contributed by atoms with Crippen molar-refractivity contribution in [3.8, 4) is 50.2 Å². The van der Waals surface area contributed by atoms with Gasteiger partial charge in [-0.25, -0.2) is 0 Å². The normalized spacial score (nSPS) is 12.1. The summed E-state index contributed by atoms with van der Waals surface area (Å²) in [7, 11) is 0. The van der Waals surface area contributed by atoms with Crippen molar-refractivity contribution in [2.45, 2.75) is 0 Å². The van der Waals surface area contributed by atoms with Gasteiger partial charge in [0.25, 0.3) is 0 Å². The lowest BCUT2D eigenvalue weighted by atomic mass is 9.98. The third-order valence-electron chi connectivity index (χ3n) is 13.3. The number of para-hydroxylation sites is 1. The Hall–Kier alpha value is -8.60. The molecule has 14 rings (SSSR count). The van der Waals surface area contributed by atoms with Crippen molar-refractivity contribution in [2.75, 3.05) is 0 Å². The van der Waals surface area contributed by atoms with Gasteiger partial charge in [-0.1, -0.05) is 115 Å². The molecule has 0 saturated heterocycles. The van der Waals surface area contributed by atoms with E-state index in [1.54, 1.807) is 0 Å². The molecule has 0 amide bonds. The number of furan rings is 2. The molecular formula is C60H36N2O2. The van der Waals surface area contributed by atoms with Crippen LogP contribution >= 0.6 is 0 Å². The molecule has 4 heterocycles. The monoisotopic (exact) mass is 816 g/mol. The number of fused-ring (bicyclic) bond motifs is 12. The highest BCUT2D eigenvalue weighted by Gasteiger charge is 2.18. The largest absolute Gasteiger partial charge is 0.456 e. The van der Waals surface area contributed by atoms with Crippen LogP contribution in [0.2, 0.25) is 0 Å². The summed E-state index contributed by atoms with van der Waals surface area (Å²) < 4.78 is 15.1. The zero-order valence-corrected chi connectivity index (χ0v) is 34.5. The van der Waals surface area contributed by atoms with Crippen LogP contribution in [-0.2, 0) is 0 Å². The van der Waals surface area contributed by atoms with Gasteiger partial charge in [-0.3, -0.25) is 0 Å². The van der Waals surface area contributed by atoms with Crippen LogP contribution in [0.4, 0.5) is 0 Å². The molecule has 0 fully saturated rings. The number of H-pyrrole nitrogens is 1. The first-order chi connectivity index (χ1) is 31.7. The van der Waals surface area contributed by atoms with Crippen LogP contribution in [0.5, 0.6) is 0 Å². The molecule has 0 spiro atoms. The lowest BCUT2D eigenvalue weighted by molar-refractivity contribution is 0.668. The fourth-order valence-electron chi connectivity index (χ4n) is 10.2. The van der Waals surface area contributed by atoms with E-state index in [1.165, 1.54) is 54.8 Å². The molecule has 4 heteroatoms. The Morgan fingerprint density at radius 2 is 0.656 bits per heavy atom. The van der Waals surface area contributed by atoms with Gasteiger partial charge in [0, 0.05) is 59.8 Å². The minimum atomic E-state index is 0.892. The first-order valence-corrected chi connectivity index (χ1v) is 21.8. The topological polar surface area (TPSA) is 47.0 Å². The Morgan fingerprint density at radius 3 is 1.17 bits per heavy atom. The summed E-state index contributed by atoms with van der Waals surface area (Å²) in [6.45, 7) is 0. The number of hydrogen-bond donors (Lipinski definition) is 1. The van der Waals surface area contributed by atoms with Gasteiger partial charge >= 0.3 is 0 Å². The fourth-order valence-corrected chi connectivity index (χ4v) is 10.2. The second-order valence-electron chi connectivity index (χ2n) is 17.0. The van der Waals surface area contributed by atoms with Gasteiger partial charge in [-0.05, 0) is 142 Å². The first-order valence-electron chi connectivity index (χ1n) is 21.8. The van der Waals surface area contributed by atoms with E-state index >= 15 is 0 Å². The minimum Gasteiger partial charge on any atom is -0.456 e. The molecule has 4 nitrogen and oxygen atoms in total. The quantitative estimate of drug-likeness (QED) is 0.188. The molecule has 0 aliphatic heterocycles. The highest BCUT2D eigenvalue weighted by molar-refractivity contribution is 6.19. The van der Waals surface area contributed by atoms with Gasteiger partial charge < -0.3 is 18.4 Å². The molecule has 64 heavy (non-hydrogen) atoms. The molecule has 0 aliphatic carbocycles. The average Bonchev–Trinajstić information content (AvgIpc) is 4.11. The van der Waals surface area contributed by atoms with Crippen LogP contribution in [-0.4, -0.2) is 9.55 Å². The summed E-state index contributed by atoms with van der Waals surface area (Å²) in [5.74, 6) is 0. The summed E-state index contributed by atoms with van der Waals surface area (Å²) in [4.78, 5) is 3.80. The minimum absolute atomic E-state index is 0.892. The SMILES string of the molecule is c1ccc(-c2ccc3oc4ccc(-c5ccc6[nH]c7cc8c9cc(-c%10ccc%11oc%12ccc(-c%13ccccc%13)cc%12c%11c%10)ccc9n(-c9ccccc9)c8cc7c6c5)cc4c3c2)cc1. The third-order valence-corrected chi connectivity index (χ3v) is 13.3. The summed E-state index contributed by atoms with van der Waals surface area (Å²) >= 11 is 0. The molecule has 14 aromatic rings. The molecule has 0 unspecified atom stereocenters. The number of nitrogens with zero attached hydrogens (tertiary/aromatic N) is 1. The van der Waals surface area contributed by atoms with Crippen molar-refractivity contribution in [1.29, 1.82) is 0 Å². The van der Waals surface area contributed by atoms with Crippen molar-refractivity contribution in [1.82, 2.24) is 9.55 Å². The van der Waals surface area contributed by atoms with E-state index in [9.17, 15) is 0 Å². The Morgan fingerprint density at radius 1 is 0.266 bits per heavy atom. The number of benzene rings is 10. The maximum absolute atomic E-state index is 6.35. The molecule has 0 bridgehead atoms. The Balaban J connectivity index is 0.913. The summed E-state index contributed by atoms with van der Waals surface area (Å²) in [6.07, 6.45) is 0. The van der Waals surface area contributed by atoms with Gasteiger partial charge in [-0.15, -0.1) is 0 Å². The molecule has 10 aromatic carbocycles. The zero-order valence-electron chi connectivity index (χ0n) is 34.5. The molecule has 1 N–H and O–H groups in total. The molecule has 298 valence electrons. The van der Waals surface area contributed by atoms with Crippen LogP contribution in [0, 0.1) is 0 Å². The Labute approximate surface area is 366 Å². The number of nitrogens with one attached hydrogen (secondary N) is 1. The predicted octanol–water partition coefficient (Wildman–Crippen LogP) is 16.9. The Bertz CT molecular complexity index is 4170. The van der Waals surface area contributed by atoms with Crippen LogP contribution in [0.25, 0.3) is 138 Å². The first kappa shape index (κ1) is 35.0. The van der Waals surface area contributed by atoms with Crippen LogP contribution in [0.15, 0.2) is 221 Å². The van der Waals surface area contributed by atoms with Crippen LogP contribution < -0.4 is 0 Å². The predicted molar refractivity (Wildman–Crippen MR) is 266 cm³/mol. The zero-order chi connectivity index (χ0) is 41.9. The molecular weight excluding hydrogens is 781 g/mol. The lowest BCUT2D eigenvalue weighted by Gasteiger charge is -2.08. The average molecular weight is 817 g/mol.